The number of hydrogen-bond donors (Lipinski definition) is 0. The molecule has 8 nitrogen and oxygen atoms in total. The molecule has 1 aromatic rings. The number of fused-ring (bicyclic) bond motifs is 1. The van der Waals surface area contributed by atoms with E-state index >= 15 is 0 Å². The second-order valence-electron chi connectivity index (χ2n) is 6.80. The molecule has 0 unspecified atom stereocenters. The Morgan fingerprint density at radius 2 is 2.16 bits per heavy atom. The van der Waals surface area contributed by atoms with E-state index in [1.807, 2.05) is 27.7 Å². The number of hydrogen-bond acceptors (Lipinski definition) is 6. The molecule has 0 aromatic heterocycles. The standard InChI is InChI=1S/C17H25N3O5/c1-5-18(16(21)25-17(2,3)4)8-9-19-10-11-24-15-12-13(20(22)23)6-7-14(15)19/h6-7,12H,5,8-11H2,1-4H3. The van der Waals surface area contributed by atoms with Gasteiger partial charge in [0, 0.05) is 25.7 Å². The van der Waals surface area contributed by atoms with Crippen molar-refractivity contribution in [2.45, 2.75) is 33.3 Å². The minimum atomic E-state index is -0.533. The maximum atomic E-state index is 12.2. The van der Waals surface area contributed by atoms with Crippen LogP contribution in [-0.4, -0.2) is 54.3 Å². The Labute approximate surface area is 147 Å². The fourth-order valence-corrected chi connectivity index (χ4v) is 2.56. The van der Waals surface area contributed by atoms with Crippen LogP contribution in [-0.2, 0) is 4.74 Å². The van der Waals surface area contributed by atoms with Crippen molar-refractivity contribution in [3.05, 3.63) is 28.3 Å². The van der Waals surface area contributed by atoms with E-state index < -0.39 is 10.5 Å². The van der Waals surface area contributed by atoms with Crippen LogP contribution < -0.4 is 9.64 Å². The van der Waals surface area contributed by atoms with Gasteiger partial charge in [0.15, 0.2) is 0 Å². The van der Waals surface area contributed by atoms with Gasteiger partial charge in [-0.1, -0.05) is 0 Å². The van der Waals surface area contributed by atoms with Crippen LogP contribution in [0.3, 0.4) is 0 Å². The van der Waals surface area contributed by atoms with Gasteiger partial charge in [0.1, 0.15) is 18.0 Å². The Hall–Kier alpha value is -2.51. The van der Waals surface area contributed by atoms with Gasteiger partial charge in [0.05, 0.1) is 23.2 Å². The van der Waals surface area contributed by atoms with Crippen LogP contribution >= 0.6 is 0 Å². The molecule has 25 heavy (non-hydrogen) atoms. The summed E-state index contributed by atoms with van der Waals surface area (Å²) in [7, 11) is 0. The zero-order chi connectivity index (χ0) is 18.6. The summed E-state index contributed by atoms with van der Waals surface area (Å²) in [6, 6.07) is 4.59. The third-order valence-corrected chi connectivity index (χ3v) is 3.79. The first kappa shape index (κ1) is 18.8. The van der Waals surface area contributed by atoms with Crippen LogP contribution in [0.1, 0.15) is 27.7 Å². The Morgan fingerprint density at radius 3 is 2.76 bits per heavy atom. The van der Waals surface area contributed by atoms with Gasteiger partial charge in [-0.2, -0.15) is 0 Å². The highest BCUT2D eigenvalue weighted by Crippen LogP contribution is 2.34. The van der Waals surface area contributed by atoms with Crippen LogP contribution in [0.5, 0.6) is 5.75 Å². The number of carbonyl (C=O) groups excluding carboxylic acids is 1. The van der Waals surface area contributed by atoms with Crippen LogP contribution in [0.25, 0.3) is 0 Å². The second kappa shape index (κ2) is 7.58. The highest BCUT2D eigenvalue weighted by atomic mass is 16.6. The molecule has 8 heteroatoms. The number of nitrogens with zero attached hydrogens (tertiary/aromatic N) is 3. The number of nitro benzene ring substituents is 1. The lowest BCUT2D eigenvalue weighted by Crippen LogP contribution is -2.43. The van der Waals surface area contributed by atoms with Gasteiger partial charge in [0.25, 0.3) is 5.69 Å². The van der Waals surface area contributed by atoms with E-state index in [2.05, 4.69) is 4.90 Å². The van der Waals surface area contributed by atoms with E-state index in [-0.39, 0.29) is 11.8 Å². The van der Waals surface area contributed by atoms with Gasteiger partial charge >= 0.3 is 6.09 Å². The maximum absolute atomic E-state index is 12.2. The minimum Gasteiger partial charge on any atom is -0.489 e. The number of amides is 1. The second-order valence-corrected chi connectivity index (χ2v) is 6.80. The monoisotopic (exact) mass is 351 g/mol. The zero-order valence-corrected chi connectivity index (χ0v) is 15.2. The van der Waals surface area contributed by atoms with Crippen molar-refractivity contribution < 1.29 is 19.2 Å². The predicted octanol–water partition coefficient (Wildman–Crippen LogP) is 3.05. The third-order valence-electron chi connectivity index (χ3n) is 3.79. The molecule has 0 bridgehead atoms. The molecule has 1 aliphatic heterocycles. The Balaban J connectivity index is 2.04. The summed E-state index contributed by atoms with van der Waals surface area (Å²) in [5.41, 5.74) is 0.274. The molecule has 0 fully saturated rings. The molecule has 1 amide bonds. The predicted molar refractivity (Wildman–Crippen MR) is 94.3 cm³/mol. The van der Waals surface area contributed by atoms with Crippen molar-refractivity contribution in [1.82, 2.24) is 4.90 Å². The number of nitro groups is 1. The topological polar surface area (TPSA) is 85.1 Å². The average molecular weight is 351 g/mol. The molecule has 0 N–H and O–H groups in total. The van der Waals surface area contributed by atoms with Crippen molar-refractivity contribution in [1.29, 1.82) is 0 Å². The van der Waals surface area contributed by atoms with E-state index in [4.69, 9.17) is 9.47 Å². The smallest absolute Gasteiger partial charge is 0.410 e. The lowest BCUT2D eigenvalue weighted by atomic mass is 10.2. The number of rotatable bonds is 5. The van der Waals surface area contributed by atoms with Crippen molar-refractivity contribution in [2.75, 3.05) is 37.7 Å². The lowest BCUT2D eigenvalue weighted by molar-refractivity contribution is -0.384. The highest BCUT2D eigenvalue weighted by molar-refractivity contribution is 5.68. The molecule has 2 rings (SSSR count). The molecule has 0 saturated heterocycles. The van der Waals surface area contributed by atoms with Gasteiger partial charge in [0.2, 0.25) is 0 Å². The number of ether oxygens (including phenoxy) is 2. The Kier molecular flexibility index (Phi) is 5.71. The molecule has 0 aliphatic carbocycles. The summed E-state index contributed by atoms with van der Waals surface area (Å²) in [6.45, 7) is 10.2. The highest BCUT2D eigenvalue weighted by Gasteiger charge is 2.24. The first-order chi connectivity index (χ1) is 11.7. The van der Waals surface area contributed by atoms with Crippen molar-refractivity contribution in [2.24, 2.45) is 0 Å². The van der Waals surface area contributed by atoms with Crippen LogP contribution in [0, 0.1) is 10.1 Å². The lowest BCUT2D eigenvalue weighted by Gasteiger charge is -2.33. The fraction of sp³-hybridized carbons (Fsp3) is 0.588. The molecule has 0 spiro atoms. The zero-order valence-electron chi connectivity index (χ0n) is 15.2. The number of non-ortho nitro benzene ring substituents is 1. The molecule has 0 atom stereocenters. The van der Waals surface area contributed by atoms with E-state index in [1.165, 1.54) is 12.1 Å². The van der Waals surface area contributed by atoms with E-state index in [0.29, 0.717) is 38.5 Å². The SMILES string of the molecule is CCN(CCN1CCOc2cc([N+](=O)[O-])ccc21)C(=O)OC(C)(C)C. The van der Waals surface area contributed by atoms with Gasteiger partial charge in [-0.3, -0.25) is 10.1 Å². The first-order valence-electron chi connectivity index (χ1n) is 8.35. The summed E-state index contributed by atoms with van der Waals surface area (Å²) >= 11 is 0. The van der Waals surface area contributed by atoms with Crippen LogP contribution in [0.2, 0.25) is 0 Å². The number of carbonyl (C=O) groups is 1. The Morgan fingerprint density at radius 1 is 1.44 bits per heavy atom. The van der Waals surface area contributed by atoms with Crippen molar-refractivity contribution in [3.8, 4) is 5.75 Å². The fourth-order valence-electron chi connectivity index (χ4n) is 2.56. The summed E-state index contributed by atoms with van der Waals surface area (Å²) in [5.74, 6) is 0.501. The van der Waals surface area contributed by atoms with Gasteiger partial charge in [-0.15, -0.1) is 0 Å². The molecular formula is C17H25N3O5. The molecule has 1 aliphatic rings. The van der Waals surface area contributed by atoms with Gasteiger partial charge < -0.3 is 19.3 Å². The first-order valence-corrected chi connectivity index (χ1v) is 8.35. The summed E-state index contributed by atoms with van der Waals surface area (Å²) < 4.78 is 11.0. The molecule has 138 valence electrons. The van der Waals surface area contributed by atoms with Crippen LogP contribution in [0.4, 0.5) is 16.2 Å². The van der Waals surface area contributed by atoms with Crippen molar-refractivity contribution >= 4 is 17.5 Å². The molecule has 1 aromatic carbocycles. The molecule has 0 saturated carbocycles. The normalized spacial score (nSPS) is 13.7. The summed E-state index contributed by atoms with van der Waals surface area (Å²) in [4.78, 5) is 26.4. The summed E-state index contributed by atoms with van der Waals surface area (Å²) in [5, 5.41) is 10.9. The summed E-state index contributed by atoms with van der Waals surface area (Å²) in [6.07, 6.45) is -0.341. The van der Waals surface area contributed by atoms with Gasteiger partial charge in [-0.05, 0) is 33.8 Å². The molecular weight excluding hydrogens is 326 g/mol. The van der Waals surface area contributed by atoms with E-state index in [1.54, 1.807) is 11.0 Å². The van der Waals surface area contributed by atoms with E-state index in [0.717, 1.165) is 5.69 Å². The van der Waals surface area contributed by atoms with Crippen LogP contribution in [0.15, 0.2) is 18.2 Å². The minimum absolute atomic E-state index is 0.00420. The number of anilines is 1. The third kappa shape index (κ3) is 4.98. The number of benzene rings is 1. The van der Waals surface area contributed by atoms with E-state index in [9.17, 15) is 14.9 Å². The van der Waals surface area contributed by atoms with Crippen molar-refractivity contribution in [3.63, 3.8) is 0 Å². The average Bonchev–Trinajstić information content (AvgIpc) is 2.53. The Bertz CT molecular complexity index is 642. The largest absolute Gasteiger partial charge is 0.489 e. The van der Waals surface area contributed by atoms with Gasteiger partial charge in [-0.25, -0.2) is 4.79 Å². The maximum Gasteiger partial charge on any atom is 0.410 e. The quantitative estimate of drug-likeness (QED) is 0.599. The number of likely N-dealkylation sites (N-methyl/N-ethyl adjacent to an activating group) is 1. The molecule has 0 radical (unpaired) electrons. The molecule has 1 heterocycles.